The summed E-state index contributed by atoms with van der Waals surface area (Å²) in [6.45, 7) is 3.31. The number of Topliss-reactive ketones (excluding diaryl/α,β-unsaturated/α-hetero) is 1. The molecule has 2 aromatic carbocycles. The lowest BCUT2D eigenvalue weighted by atomic mass is 9.96. The number of alkyl halides is 3. The molecule has 5 rings (SSSR count). The minimum absolute atomic E-state index is 0.0302. The fourth-order valence-electron chi connectivity index (χ4n) is 5.30. The van der Waals surface area contributed by atoms with Crippen LogP contribution in [-0.4, -0.2) is 31.2 Å². The Labute approximate surface area is 252 Å². The summed E-state index contributed by atoms with van der Waals surface area (Å²) < 4.78 is 46.5. The minimum atomic E-state index is -4.50. The number of thiophene rings is 1. The Morgan fingerprint density at radius 3 is 2.34 bits per heavy atom. The van der Waals surface area contributed by atoms with E-state index in [-0.39, 0.29) is 39.2 Å². The number of hydrogen-bond acceptors (Lipinski definition) is 7. The Kier molecular flexibility index (Phi) is 8.86. The van der Waals surface area contributed by atoms with Gasteiger partial charge in [-0.05, 0) is 35.6 Å². The van der Waals surface area contributed by atoms with E-state index in [0.717, 1.165) is 33.5 Å². The number of rotatable bonds is 11. The van der Waals surface area contributed by atoms with Gasteiger partial charge in [-0.25, -0.2) is 9.59 Å². The largest absolute Gasteiger partial charge is 0.439 e. The molecule has 230 valence electrons. The van der Waals surface area contributed by atoms with Crippen molar-refractivity contribution in [2.75, 3.05) is 0 Å². The summed E-state index contributed by atoms with van der Waals surface area (Å²) in [6.07, 6.45) is -3.82. The van der Waals surface area contributed by atoms with Crippen molar-refractivity contribution in [1.82, 2.24) is 19.3 Å². The first-order valence-corrected chi connectivity index (χ1v) is 14.9. The molecule has 0 saturated heterocycles. The van der Waals surface area contributed by atoms with Gasteiger partial charge in [-0.1, -0.05) is 74.0 Å². The van der Waals surface area contributed by atoms with E-state index >= 15 is 0 Å². The Hall–Kier alpha value is -4.52. The quantitative estimate of drug-likeness (QED) is 0.198. The van der Waals surface area contributed by atoms with Crippen LogP contribution in [0, 0.1) is 5.92 Å². The van der Waals surface area contributed by atoms with E-state index in [9.17, 15) is 32.3 Å². The van der Waals surface area contributed by atoms with Gasteiger partial charge in [0.05, 0.1) is 24.9 Å². The second-order valence-electron chi connectivity index (χ2n) is 10.5. The molecule has 0 radical (unpaired) electrons. The molecule has 1 atom stereocenters. The lowest BCUT2D eigenvalue weighted by molar-refractivity contribution is -0.126. The highest BCUT2D eigenvalue weighted by Crippen LogP contribution is 2.31. The van der Waals surface area contributed by atoms with Crippen LogP contribution in [-0.2, 0) is 24.3 Å². The molecule has 0 fully saturated rings. The topological polar surface area (TPSA) is 120 Å². The number of fused-ring (bicyclic) bond motifs is 1. The SMILES string of the molecule is CCCC(CC)C(=O)Cn1c(=O)c2cc(CC(F)(F)F)sc2n(Cc2ccc(-c3ccccc3-c3noc(=O)[nH]3)cc2)c1=O. The van der Waals surface area contributed by atoms with Gasteiger partial charge < -0.3 is 0 Å². The van der Waals surface area contributed by atoms with E-state index < -0.39 is 36.1 Å². The van der Waals surface area contributed by atoms with E-state index in [2.05, 4.69) is 14.7 Å². The molecule has 0 aliphatic heterocycles. The van der Waals surface area contributed by atoms with Crippen molar-refractivity contribution in [1.29, 1.82) is 0 Å². The van der Waals surface area contributed by atoms with E-state index in [1.807, 2.05) is 26.0 Å². The highest BCUT2D eigenvalue weighted by atomic mass is 32.1. The molecule has 0 bridgehead atoms. The Morgan fingerprint density at radius 2 is 1.73 bits per heavy atom. The van der Waals surface area contributed by atoms with Gasteiger partial charge in [0.1, 0.15) is 4.83 Å². The van der Waals surface area contributed by atoms with E-state index in [0.29, 0.717) is 24.0 Å². The standard InChI is InChI=1S/C31H29F3N4O5S/c1-3-7-19(4-2)25(39)17-37-27(40)24-14-21(15-31(32,33)34)44-28(24)38(30(37)42)16-18-10-12-20(13-11-18)22-8-5-6-9-23(22)26-35-29(41)43-36-26/h5-6,8-14,19H,3-4,7,15-17H2,1-2H3,(H,35,36,41). The lowest BCUT2D eigenvalue weighted by Gasteiger charge is -2.15. The van der Waals surface area contributed by atoms with Gasteiger partial charge >= 0.3 is 17.6 Å². The number of carbonyl (C=O) groups excluding carboxylic acids is 1. The zero-order chi connectivity index (χ0) is 31.6. The molecule has 44 heavy (non-hydrogen) atoms. The summed E-state index contributed by atoms with van der Waals surface area (Å²) in [5, 5.41) is 3.74. The number of halogens is 3. The summed E-state index contributed by atoms with van der Waals surface area (Å²) >= 11 is 0.746. The predicted molar refractivity (Wildman–Crippen MR) is 161 cm³/mol. The van der Waals surface area contributed by atoms with Gasteiger partial charge in [0.2, 0.25) is 0 Å². The van der Waals surface area contributed by atoms with E-state index in [1.165, 1.54) is 10.6 Å². The van der Waals surface area contributed by atoms with Crippen LogP contribution in [0.4, 0.5) is 13.2 Å². The van der Waals surface area contributed by atoms with Crippen LogP contribution in [0.1, 0.15) is 43.6 Å². The van der Waals surface area contributed by atoms with Crippen LogP contribution < -0.4 is 17.0 Å². The molecule has 3 heterocycles. The Morgan fingerprint density at radius 1 is 1.02 bits per heavy atom. The molecule has 3 aromatic heterocycles. The van der Waals surface area contributed by atoms with Crippen LogP contribution in [0.5, 0.6) is 0 Å². The number of H-pyrrole nitrogens is 1. The number of aromatic amines is 1. The third kappa shape index (κ3) is 6.52. The average Bonchev–Trinajstić information content (AvgIpc) is 3.61. The highest BCUT2D eigenvalue weighted by molar-refractivity contribution is 7.18. The number of ketones is 1. The molecule has 5 aromatic rings. The second kappa shape index (κ2) is 12.6. The second-order valence-corrected chi connectivity index (χ2v) is 11.6. The maximum Gasteiger partial charge on any atom is 0.439 e. The van der Waals surface area contributed by atoms with Crippen molar-refractivity contribution in [3.8, 4) is 22.5 Å². The van der Waals surface area contributed by atoms with Crippen LogP contribution in [0.3, 0.4) is 0 Å². The average molecular weight is 627 g/mol. The molecule has 0 spiro atoms. The number of nitrogens with zero attached hydrogens (tertiary/aromatic N) is 3. The first-order valence-electron chi connectivity index (χ1n) is 14.1. The number of carbonyl (C=O) groups is 1. The first-order chi connectivity index (χ1) is 21.0. The predicted octanol–water partition coefficient (Wildman–Crippen LogP) is 5.78. The zero-order valence-corrected chi connectivity index (χ0v) is 24.8. The summed E-state index contributed by atoms with van der Waals surface area (Å²) in [7, 11) is 0. The Bertz CT molecular complexity index is 1980. The Balaban J connectivity index is 1.55. The van der Waals surface area contributed by atoms with Crippen molar-refractivity contribution in [2.24, 2.45) is 5.92 Å². The van der Waals surface area contributed by atoms with Crippen LogP contribution >= 0.6 is 11.3 Å². The van der Waals surface area contributed by atoms with E-state index in [4.69, 9.17) is 0 Å². The van der Waals surface area contributed by atoms with Crippen molar-refractivity contribution < 1.29 is 22.5 Å². The number of aromatic nitrogens is 4. The zero-order valence-electron chi connectivity index (χ0n) is 23.9. The first kappa shape index (κ1) is 30.9. The van der Waals surface area contributed by atoms with E-state index in [1.54, 1.807) is 36.4 Å². The molecular formula is C31H29F3N4O5S. The minimum Gasteiger partial charge on any atom is -0.297 e. The number of benzene rings is 2. The molecule has 1 unspecified atom stereocenters. The molecule has 0 amide bonds. The van der Waals surface area contributed by atoms with Crippen LogP contribution in [0.15, 0.2) is 73.5 Å². The third-order valence-electron chi connectivity index (χ3n) is 7.45. The summed E-state index contributed by atoms with van der Waals surface area (Å²) in [5.74, 6) is -1.02. The molecule has 0 aliphatic carbocycles. The molecule has 0 saturated carbocycles. The van der Waals surface area contributed by atoms with Gasteiger partial charge in [0.25, 0.3) is 5.56 Å². The number of nitrogens with one attached hydrogen (secondary N) is 1. The summed E-state index contributed by atoms with van der Waals surface area (Å²) in [4.78, 5) is 54.2. The fraction of sp³-hybridized carbons (Fsp3) is 0.323. The van der Waals surface area contributed by atoms with Crippen LogP contribution in [0.2, 0.25) is 0 Å². The van der Waals surface area contributed by atoms with Gasteiger partial charge in [0.15, 0.2) is 11.6 Å². The monoisotopic (exact) mass is 626 g/mol. The molecule has 9 nitrogen and oxygen atoms in total. The van der Waals surface area contributed by atoms with Crippen molar-refractivity contribution >= 4 is 27.3 Å². The number of hydrogen-bond donors (Lipinski definition) is 1. The van der Waals surface area contributed by atoms with Crippen molar-refractivity contribution in [3.05, 3.63) is 96.4 Å². The normalized spacial score (nSPS) is 12.6. The van der Waals surface area contributed by atoms with Crippen molar-refractivity contribution in [2.45, 2.75) is 58.8 Å². The highest BCUT2D eigenvalue weighted by Gasteiger charge is 2.30. The van der Waals surface area contributed by atoms with Gasteiger partial charge in [0, 0.05) is 16.4 Å². The van der Waals surface area contributed by atoms with Crippen LogP contribution in [0.25, 0.3) is 32.7 Å². The lowest BCUT2D eigenvalue weighted by Crippen LogP contribution is -2.42. The molecule has 0 aliphatic rings. The van der Waals surface area contributed by atoms with Gasteiger partial charge in [-0.2, -0.15) is 13.2 Å². The maximum atomic E-state index is 13.7. The van der Waals surface area contributed by atoms with Gasteiger partial charge in [-0.3, -0.25) is 28.2 Å². The summed E-state index contributed by atoms with van der Waals surface area (Å²) in [5.41, 5.74) is 1.26. The maximum absolute atomic E-state index is 13.7. The third-order valence-corrected chi connectivity index (χ3v) is 8.61. The smallest absolute Gasteiger partial charge is 0.297 e. The van der Waals surface area contributed by atoms with Gasteiger partial charge in [-0.15, -0.1) is 11.3 Å². The van der Waals surface area contributed by atoms with Crippen molar-refractivity contribution in [3.63, 3.8) is 0 Å². The molecular weight excluding hydrogens is 597 g/mol. The summed E-state index contributed by atoms with van der Waals surface area (Å²) in [6, 6.07) is 15.5. The molecule has 1 N–H and O–H groups in total. The molecule has 13 heteroatoms. The fourth-order valence-corrected chi connectivity index (χ4v) is 6.47.